The van der Waals surface area contributed by atoms with Crippen molar-refractivity contribution in [3.05, 3.63) is 65.6 Å². The minimum Gasteiger partial charge on any atom is -0.421 e. The normalized spacial score (nSPS) is 16.1. The van der Waals surface area contributed by atoms with E-state index in [-0.39, 0.29) is 17.8 Å². The van der Waals surface area contributed by atoms with Crippen molar-refractivity contribution in [3.63, 3.8) is 0 Å². The average Bonchev–Trinajstić information content (AvgIpc) is 3.09. The second-order valence-electron chi connectivity index (χ2n) is 8.23. The van der Waals surface area contributed by atoms with Crippen molar-refractivity contribution in [1.29, 1.82) is 0 Å². The molecular weight excluding hydrogens is 421 g/mol. The molecule has 4 aromatic rings. The van der Waals surface area contributed by atoms with Gasteiger partial charge in [0.05, 0.1) is 11.2 Å². The second kappa shape index (κ2) is 8.25. The van der Waals surface area contributed by atoms with E-state index in [2.05, 4.69) is 26.0 Å². The van der Waals surface area contributed by atoms with Crippen LogP contribution in [0, 0.1) is 19.7 Å². The number of nitrogen functional groups attached to an aromatic ring is 1. The molecule has 33 heavy (non-hydrogen) atoms. The fourth-order valence-corrected chi connectivity index (χ4v) is 4.28. The highest BCUT2D eigenvalue weighted by molar-refractivity contribution is 5.94. The third kappa shape index (κ3) is 3.80. The van der Waals surface area contributed by atoms with Crippen LogP contribution >= 0.6 is 0 Å². The van der Waals surface area contributed by atoms with Crippen LogP contribution in [0.15, 0.2) is 42.9 Å². The molecule has 168 valence electrons. The fourth-order valence-electron chi connectivity index (χ4n) is 4.28. The first-order valence-corrected chi connectivity index (χ1v) is 10.8. The molecule has 0 fully saturated rings. The lowest BCUT2D eigenvalue weighted by molar-refractivity contribution is 0.410. The number of rotatable bonds is 4. The number of nitrogens with zero attached hydrogens (tertiary/aromatic N) is 5. The molecule has 0 spiro atoms. The molecule has 0 bridgehead atoms. The summed E-state index contributed by atoms with van der Waals surface area (Å²) < 4.78 is 22.7. The third-order valence-corrected chi connectivity index (χ3v) is 5.91. The highest BCUT2D eigenvalue weighted by atomic mass is 19.1. The zero-order chi connectivity index (χ0) is 23.1. The molecule has 8 nitrogen and oxygen atoms in total. The van der Waals surface area contributed by atoms with E-state index in [0.29, 0.717) is 17.0 Å². The van der Waals surface area contributed by atoms with E-state index < -0.39 is 5.82 Å². The van der Waals surface area contributed by atoms with Crippen molar-refractivity contribution in [2.75, 3.05) is 5.73 Å². The van der Waals surface area contributed by atoms with E-state index in [9.17, 15) is 0 Å². The van der Waals surface area contributed by atoms with Gasteiger partial charge in [0.2, 0.25) is 0 Å². The van der Waals surface area contributed by atoms with Crippen LogP contribution in [0.2, 0.25) is 0 Å². The van der Waals surface area contributed by atoms with Crippen LogP contribution in [-0.2, 0) is 0 Å². The Morgan fingerprint density at radius 2 is 2.00 bits per heavy atom. The Bertz CT molecular complexity index is 1400. The van der Waals surface area contributed by atoms with Gasteiger partial charge in [-0.3, -0.25) is 0 Å². The molecule has 5 rings (SSSR count). The summed E-state index contributed by atoms with van der Waals surface area (Å²) in [6.45, 7) is 3.81. The first kappa shape index (κ1) is 21.0. The number of halogens is 1. The Morgan fingerprint density at radius 1 is 1.15 bits per heavy atom. The first-order valence-electron chi connectivity index (χ1n) is 10.8. The van der Waals surface area contributed by atoms with Gasteiger partial charge in [0.25, 0.3) is 0 Å². The number of fused-ring (bicyclic) bond motifs is 1. The summed E-state index contributed by atoms with van der Waals surface area (Å²) in [7, 11) is 0. The number of aromatic nitrogens is 5. The average molecular weight is 446 g/mol. The van der Waals surface area contributed by atoms with Crippen molar-refractivity contribution in [1.82, 2.24) is 24.5 Å². The molecule has 4 N–H and O–H groups in total. The molecule has 1 aliphatic rings. The molecule has 3 heterocycles. The van der Waals surface area contributed by atoms with Gasteiger partial charge >= 0.3 is 6.01 Å². The van der Waals surface area contributed by atoms with E-state index in [4.69, 9.17) is 16.2 Å². The maximum Gasteiger partial charge on any atom is 0.322 e. The molecule has 1 aliphatic carbocycles. The first-order chi connectivity index (χ1) is 15.9. The van der Waals surface area contributed by atoms with E-state index in [1.165, 1.54) is 12.4 Å². The standard InChI is InChI=1S/C24H24FN7O/c1-13-9-10-28-24(31-13)33-19-8-7-17(11-18(19)25)32-21(15-3-5-16(26)6-4-15)14(2)20-22(32)23(27)30-12-29-20/h3,7-12,16H,4-6,26H2,1-2H3,(H2,27,29,30). The Kier molecular flexibility index (Phi) is 5.26. The maximum atomic E-state index is 15.2. The van der Waals surface area contributed by atoms with Gasteiger partial charge in [-0.2, -0.15) is 0 Å². The summed E-state index contributed by atoms with van der Waals surface area (Å²) in [4.78, 5) is 16.9. The van der Waals surface area contributed by atoms with E-state index in [0.717, 1.165) is 47.3 Å². The fraction of sp³-hybridized carbons (Fsp3) is 0.250. The molecule has 1 aromatic carbocycles. The SMILES string of the molecule is Cc1ccnc(Oc2ccc(-n3c(C4=CCC(N)CC4)c(C)c4ncnc(N)c43)cc2F)n1. The molecule has 9 heteroatoms. The van der Waals surface area contributed by atoms with Gasteiger partial charge in [0, 0.05) is 35.2 Å². The minimum atomic E-state index is -0.543. The van der Waals surface area contributed by atoms with Crippen molar-refractivity contribution in [3.8, 4) is 17.4 Å². The number of hydrogen-bond acceptors (Lipinski definition) is 7. The monoisotopic (exact) mass is 445 g/mol. The number of nitrogens with two attached hydrogens (primary N) is 2. The number of aryl methyl sites for hydroxylation is 2. The summed E-state index contributed by atoms with van der Waals surface area (Å²) in [6.07, 6.45) is 7.65. The number of anilines is 1. The van der Waals surface area contributed by atoms with Crippen LogP contribution in [0.25, 0.3) is 22.3 Å². The molecule has 1 unspecified atom stereocenters. The van der Waals surface area contributed by atoms with Gasteiger partial charge in [0.15, 0.2) is 17.4 Å². The zero-order valence-corrected chi connectivity index (χ0v) is 18.4. The Balaban J connectivity index is 1.65. The van der Waals surface area contributed by atoms with Gasteiger partial charge in [-0.05, 0) is 56.9 Å². The summed E-state index contributed by atoms with van der Waals surface area (Å²) in [5.41, 5.74) is 18.1. The van der Waals surface area contributed by atoms with Crippen LogP contribution in [0.4, 0.5) is 10.2 Å². The molecule has 1 atom stereocenters. The van der Waals surface area contributed by atoms with E-state index in [1.54, 1.807) is 24.4 Å². The quantitative estimate of drug-likeness (QED) is 0.482. The lowest BCUT2D eigenvalue weighted by atomic mass is 9.92. The molecule has 0 saturated carbocycles. The van der Waals surface area contributed by atoms with Crippen molar-refractivity contribution >= 4 is 22.4 Å². The number of allylic oxidation sites excluding steroid dienone is 1. The number of ether oxygens (including phenoxy) is 1. The van der Waals surface area contributed by atoms with Gasteiger partial charge in [-0.25, -0.2) is 24.3 Å². The lowest BCUT2D eigenvalue weighted by Crippen LogP contribution is -2.22. The summed E-state index contributed by atoms with van der Waals surface area (Å²) in [5, 5.41) is 0. The summed E-state index contributed by atoms with van der Waals surface area (Å²) >= 11 is 0. The highest BCUT2D eigenvalue weighted by Crippen LogP contribution is 2.38. The molecular formula is C24H24FN7O. The summed E-state index contributed by atoms with van der Waals surface area (Å²) in [5.74, 6) is -0.180. The highest BCUT2D eigenvalue weighted by Gasteiger charge is 2.24. The lowest BCUT2D eigenvalue weighted by Gasteiger charge is -2.21. The second-order valence-corrected chi connectivity index (χ2v) is 8.23. The summed E-state index contributed by atoms with van der Waals surface area (Å²) in [6, 6.07) is 6.73. The smallest absolute Gasteiger partial charge is 0.322 e. The van der Waals surface area contributed by atoms with E-state index in [1.807, 2.05) is 18.4 Å². The van der Waals surface area contributed by atoms with E-state index >= 15 is 4.39 Å². The minimum absolute atomic E-state index is 0.0335. The molecule has 0 amide bonds. The third-order valence-electron chi connectivity index (χ3n) is 5.91. The molecule has 0 saturated heterocycles. The Labute approximate surface area is 190 Å². The topological polar surface area (TPSA) is 118 Å². The van der Waals surface area contributed by atoms with Gasteiger partial charge < -0.3 is 20.8 Å². The van der Waals surface area contributed by atoms with Gasteiger partial charge in [-0.1, -0.05) is 6.08 Å². The van der Waals surface area contributed by atoms with Crippen molar-refractivity contribution in [2.45, 2.75) is 39.2 Å². The Hall–Kier alpha value is -3.85. The largest absolute Gasteiger partial charge is 0.421 e. The van der Waals surface area contributed by atoms with Crippen LogP contribution in [-0.4, -0.2) is 30.5 Å². The maximum absolute atomic E-state index is 15.2. The molecule has 0 radical (unpaired) electrons. The Morgan fingerprint density at radius 3 is 2.73 bits per heavy atom. The van der Waals surface area contributed by atoms with Crippen LogP contribution in [0.5, 0.6) is 11.8 Å². The van der Waals surface area contributed by atoms with Crippen LogP contribution in [0.1, 0.15) is 36.2 Å². The number of benzene rings is 1. The zero-order valence-electron chi connectivity index (χ0n) is 18.4. The molecule has 3 aromatic heterocycles. The van der Waals surface area contributed by atoms with Crippen molar-refractivity contribution in [2.24, 2.45) is 5.73 Å². The number of hydrogen-bond donors (Lipinski definition) is 2. The van der Waals surface area contributed by atoms with Gasteiger partial charge in [0.1, 0.15) is 11.8 Å². The molecule has 0 aliphatic heterocycles. The van der Waals surface area contributed by atoms with Crippen molar-refractivity contribution < 1.29 is 9.13 Å². The van der Waals surface area contributed by atoms with Crippen LogP contribution in [0.3, 0.4) is 0 Å². The predicted octanol–water partition coefficient (Wildman–Crippen LogP) is 4.24. The van der Waals surface area contributed by atoms with Gasteiger partial charge in [-0.15, -0.1) is 0 Å². The predicted molar refractivity (Wildman–Crippen MR) is 125 cm³/mol. The van der Waals surface area contributed by atoms with Crippen LogP contribution < -0.4 is 16.2 Å².